The van der Waals surface area contributed by atoms with Crippen molar-refractivity contribution < 1.29 is 18.0 Å². The molecule has 2 aromatic rings. The molecule has 0 aliphatic carbocycles. The van der Waals surface area contributed by atoms with Gasteiger partial charge in [-0.25, -0.2) is 8.42 Å². The van der Waals surface area contributed by atoms with E-state index in [1.54, 1.807) is 31.2 Å². The van der Waals surface area contributed by atoms with Crippen molar-refractivity contribution in [3.8, 4) is 0 Å². The molecule has 0 aliphatic heterocycles. The van der Waals surface area contributed by atoms with Crippen molar-refractivity contribution in [1.29, 1.82) is 0 Å². The van der Waals surface area contributed by atoms with Crippen LogP contribution in [0, 0.1) is 0 Å². The standard InChI is InChI=1S/C26H36ClN3O4S/c1-6-21-11-15-24(16-12-21)30(35(5,33)34)17-7-8-25(31)29(20(4)26(32)28-19(2)3)18-22-9-13-23(27)14-10-22/h9-16,19-20H,6-8,17-18H2,1-5H3,(H,28,32). The van der Waals surface area contributed by atoms with E-state index in [4.69, 9.17) is 11.6 Å². The Morgan fingerprint density at radius 3 is 2.06 bits per heavy atom. The van der Waals surface area contributed by atoms with Crippen molar-refractivity contribution in [1.82, 2.24) is 10.2 Å². The molecule has 0 saturated heterocycles. The largest absolute Gasteiger partial charge is 0.352 e. The van der Waals surface area contributed by atoms with Crippen LogP contribution in [-0.2, 0) is 32.6 Å². The van der Waals surface area contributed by atoms with E-state index in [0.29, 0.717) is 17.1 Å². The number of hydrogen-bond donors (Lipinski definition) is 1. The van der Waals surface area contributed by atoms with Gasteiger partial charge in [-0.3, -0.25) is 13.9 Å². The lowest BCUT2D eigenvalue weighted by atomic mass is 10.1. The van der Waals surface area contributed by atoms with E-state index in [0.717, 1.165) is 23.8 Å². The SMILES string of the molecule is CCc1ccc(N(CCCC(=O)N(Cc2ccc(Cl)cc2)C(C)C(=O)NC(C)C)S(C)(=O)=O)cc1. The third-order valence-corrected chi connectivity index (χ3v) is 7.10. The van der Waals surface area contributed by atoms with Crippen LogP contribution in [0.5, 0.6) is 0 Å². The highest BCUT2D eigenvalue weighted by Gasteiger charge is 2.27. The molecule has 7 nitrogen and oxygen atoms in total. The van der Waals surface area contributed by atoms with Crippen LogP contribution >= 0.6 is 11.6 Å². The van der Waals surface area contributed by atoms with Crippen molar-refractivity contribution in [3.63, 3.8) is 0 Å². The lowest BCUT2D eigenvalue weighted by molar-refractivity contribution is -0.140. The average Bonchev–Trinajstić information content (AvgIpc) is 2.79. The molecule has 0 aliphatic rings. The Kier molecular flexibility index (Phi) is 10.6. The van der Waals surface area contributed by atoms with Crippen LogP contribution in [0.1, 0.15) is 51.7 Å². The zero-order chi connectivity index (χ0) is 26.2. The summed E-state index contributed by atoms with van der Waals surface area (Å²) in [7, 11) is -3.52. The fourth-order valence-electron chi connectivity index (χ4n) is 3.68. The minimum Gasteiger partial charge on any atom is -0.352 e. The number of sulfonamides is 1. The summed E-state index contributed by atoms with van der Waals surface area (Å²) in [6.07, 6.45) is 2.44. The summed E-state index contributed by atoms with van der Waals surface area (Å²) < 4.78 is 26.2. The first kappa shape index (κ1) is 28.7. The van der Waals surface area contributed by atoms with Gasteiger partial charge in [0.2, 0.25) is 21.8 Å². The van der Waals surface area contributed by atoms with Gasteiger partial charge in [0.25, 0.3) is 0 Å². The van der Waals surface area contributed by atoms with Crippen molar-refractivity contribution in [3.05, 3.63) is 64.7 Å². The fourth-order valence-corrected chi connectivity index (χ4v) is 4.77. The third-order valence-electron chi connectivity index (χ3n) is 5.65. The summed E-state index contributed by atoms with van der Waals surface area (Å²) in [4.78, 5) is 27.5. The lowest BCUT2D eigenvalue weighted by Gasteiger charge is -2.30. The molecule has 0 heterocycles. The van der Waals surface area contributed by atoms with Gasteiger partial charge in [0.15, 0.2) is 0 Å². The number of hydrogen-bond acceptors (Lipinski definition) is 4. The van der Waals surface area contributed by atoms with Gasteiger partial charge in [-0.1, -0.05) is 42.8 Å². The summed E-state index contributed by atoms with van der Waals surface area (Å²) in [5.74, 6) is -0.461. The number of carbonyl (C=O) groups excluding carboxylic acids is 2. The van der Waals surface area contributed by atoms with Gasteiger partial charge in [0.1, 0.15) is 6.04 Å². The molecule has 2 aromatic carbocycles. The molecule has 0 saturated carbocycles. The molecule has 35 heavy (non-hydrogen) atoms. The van der Waals surface area contributed by atoms with Gasteiger partial charge >= 0.3 is 0 Å². The van der Waals surface area contributed by atoms with E-state index in [2.05, 4.69) is 5.32 Å². The van der Waals surface area contributed by atoms with Gasteiger partial charge in [-0.15, -0.1) is 0 Å². The first-order chi connectivity index (χ1) is 16.4. The highest BCUT2D eigenvalue weighted by atomic mass is 35.5. The highest BCUT2D eigenvalue weighted by Crippen LogP contribution is 2.20. The number of nitrogens with zero attached hydrogens (tertiary/aromatic N) is 2. The van der Waals surface area contributed by atoms with Crippen molar-refractivity contribution in [2.45, 2.75) is 65.6 Å². The molecule has 9 heteroatoms. The van der Waals surface area contributed by atoms with Crippen LogP contribution in [0.4, 0.5) is 5.69 Å². The summed E-state index contributed by atoms with van der Waals surface area (Å²) in [5.41, 5.74) is 2.53. The van der Waals surface area contributed by atoms with Crippen LogP contribution in [-0.4, -0.2) is 50.0 Å². The first-order valence-electron chi connectivity index (χ1n) is 11.8. The fraction of sp³-hybridized carbons (Fsp3) is 0.462. The number of nitrogens with one attached hydrogen (secondary N) is 1. The normalized spacial score (nSPS) is 12.3. The maximum atomic E-state index is 13.2. The molecule has 0 fully saturated rings. The van der Waals surface area contributed by atoms with E-state index >= 15 is 0 Å². The van der Waals surface area contributed by atoms with Gasteiger partial charge in [-0.05, 0) is 69.0 Å². The van der Waals surface area contributed by atoms with Crippen molar-refractivity contribution in [2.24, 2.45) is 0 Å². The van der Waals surface area contributed by atoms with Crippen molar-refractivity contribution in [2.75, 3.05) is 17.1 Å². The van der Waals surface area contributed by atoms with Crippen LogP contribution in [0.25, 0.3) is 0 Å². The molecule has 192 valence electrons. The number of carbonyl (C=O) groups is 2. The quantitative estimate of drug-likeness (QED) is 0.448. The van der Waals surface area contributed by atoms with Gasteiger partial charge < -0.3 is 10.2 Å². The van der Waals surface area contributed by atoms with Crippen LogP contribution < -0.4 is 9.62 Å². The Morgan fingerprint density at radius 1 is 0.971 bits per heavy atom. The molecular weight excluding hydrogens is 486 g/mol. The van der Waals surface area contributed by atoms with Gasteiger partial charge in [0.05, 0.1) is 11.9 Å². The Morgan fingerprint density at radius 2 is 1.54 bits per heavy atom. The van der Waals surface area contributed by atoms with E-state index < -0.39 is 16.1 Å². The molecule has 1 unspecified atom stereocenters. The van der Waals surface area contributed by atoms with Crippen molar-refractivity contribution >= 4 is 39.1 Å². The molecule has 0 spiro atoms. The Balaban J connectivity index is 2.15. The molecule has 0 radical (unpaired) electrons. The van der Waals surface area contributed by atoms with E-state index in [1.165, 1.54) is 9.21 Å². The number of amides is 2. The molecular formula is C26H36ClN3O4S. The highest BCUT2D eigenvalue weighted by molar-refractivity contribution is 7.92. The Labute approximate surface area is 214 Å². The number of aryl methyl sites for hydroxylation is 1. The number of benzene rings is 2. The predicted molar refractivity (Wildman–Crippen MR) is 142 cm³/mol. The Hall–Kier alpha value is -2.58. The zero-order valence-corrected chi connectivity index (χ0v) is 22.7. The molecule has 0 bridgehead atoms. The number of anilines is 1. The molecule has 1 atom stereocenters. The van der Waals surface area contributed by atoms with Gasteiger partial charge in [0, 0.05) is 30.6 Å². The topological polar surface area (TPSA) is 86.8 Å². The minimum absolute atomic E-state index is 0.0557. The Bertz CT molecular complexity index is 1090. The summed E-state index contributed by atoms with van der Waals surface area (Å²) in [5, 5.41) is 3.44. The second kappa shape index (κ2) is 12.9. The molecule has 2 amide bonds. The van der Waals surface area contributed by atoms with Crippen LogP contribution in [0.2, 0.25) is 5.02 Å². The van der Waals surface area contributed by atoms with E-state index in [9.17, 15) is 18.0 Å². The van der Waals surface area contributed by atoms with E-state index in [-0.39, 0.29) is 37.4 Å². The zero-order valence-electron chi connectivity index (χ0n) is 21.1. The van der Waals surface area contributed by atoms with Crippen LogP contribution in [0.3, 0.4) is 0 Å². The molecule has 0 aromatic heterocycles. The monoisotopic (exact) mass is 521 g/mol. The molecule has 2 rings (SSSR count). The van der Waals surface area contributed by atoms with Crippen LogP contribution in [0.15, 0.2) is 48.5 Å². The summed E-state index contributed by atoms with van der Waals surface area (Å²) in [6.45, 7) is 7.87. The first-order valence-corrected chi connectivity index (χ1v) is 14.1. The lowest BCUT2D eigenvalue weighted by Crippen LogP contribution is -2.49. The second-order valence-electron chi connectivity index (χ2n) is 8.95. The summed E-state index contributed by atoms with van der Waals surface area (Å²) >= 11 is 5.98. The summed E-state index contributed by atoms with van der Waals surface area (Å²) in [6, 6.07) is 13.8. The third kappa shape index (κ3) is 8.85. The van der Waals surface area contributed by atoms with E-state index in [1.807, 2.05) is 45.0 Å². The average molecular weight is 522 g/mol. The number of rotatable bonds is 12. The predicted octanol–water partition coefficient (Wildman–Crippen LogP) is 4.39. The maximum absolute atomic E-state index is 13.2. The maximum Gasteiger partial charge on any atom is 0.242 e. The second-order valence-corrected chi connectivity index (χ2v) is 11.3. The minimum atomic E-state index is -3.52. The molecule has 1 N–H and O–H groups in total. The van der Waals surface area contributed by atoms with Gasteiger partial charge in [-0.2, -0.15) is 0 Å². The number of halogens is 1. The smallest absolute Gasteiger partial charge is 0.242 e.